The number of nitrogens with two attached hydrogens (primary N) is 1. The number of ketones is 1. The predicted octanol–water partition coefficient (Wildman–Crippen LogP) is 6.25. The third-order valence-electron chi connectivity index (χ3n) is 9.03. The predicted molar refractivity (Wildman–Crippen MR) is 183 cm³/mol. The van der Waals surface area contributed by atoms with Gasteiger partial charge in [0, 0.05) is 46.8 Å². The molecule has 2 aromatic rings. The fourth-order valence-corrected chi connectivity index (χ4v) is 6.97. The number of hydrogen-bond acceptors (Lipinski definition) is 6. The third-order valence-corrected chi connectivity index (χ3v) is 10.7. The summed E-state index contributed by atoms with van der Waals surface area (Å²) < 4.78 is 67.0. The molecule has 0 spiro atoms. The molecule has 0 fully saturated rings. The molecule has 46 heavy (non-hydrogen) atoms. The van der Waals surface area contributed by atoms with Crippen molar-refractivity contribution in [3.63, 3.8) is 0 Å². The van der Waals surface area contributed by atoms with Crippen LogP contribution in [0.3, 0.4) is 0 Å². The zero-order chi connectivity index (χ0) is 34.5. The van der Waals surface area contributed by atoms with E-state index < -0.39 is 31.1 Å². The molecule has 1 aliphatic heterocycles. The summed E-state index contributed by atoms with van der Waals surface area (Å²) in [6.07, 6.45) is 13.0. The Hall–Kier alpha value is -3.09. The van der Waals surface area contributed by atoms with Gasteiger partial charge in [0.15, 0.2) is 0 Å². The highest BCUT2D eigenvalue weighted by Crippen LogP contribution is 2.48. The molecule has 0 saturated heterocycles. The van der Waals surface area contributed by atoms with Gasteiger partial charge < -0.3 is 15.0 Å². The molecular formula is C35H49N2O7S2+. The van der Waals surface area contributed by atoms with E-state index in [9.17, 15) is 30.7 Å². The molecule has 9 nitrogen and oxygen atoms in total. The summed E-state index contributed by atoms with van der Waals surface area (Å²) in [6, 6.07) is 9.43. The highest BCUT2D eigenvalue weighted by atomic mass is 32.2. The smallest absolute Gasteiger partial charge is 0.294 e. The summed E-state index contributed by atoms with van der Waals surface area (Å²) >= 11 is 0. The van der Waals surface area contributed by atoms with Gasteiger partial charge in [-0.15, -0.1) is 0 Å². The molecule has 1 aliphatic rings. The normalized spacial score (nSPS) is 16.9. The fraction of sp³-hybridized carbons (Fsp3) is 0.457. The molecule has 3 rings (SSSR count). The van der Waals surface area contributed by atoms with Crippen LogP contribution in [0.1, 0.15) is 85.3 Å². The van der Waals surface area contributed by atoms with Gasteiger partial charge in [0.05, 0.1) is 16.3 Å². The zero-order valence-corrected chi connectivity index (χ0v) is 29.6. The second-order valence-electron chi connectivity index (χ2n) is 13.1. The number of nitrogens with zero attached hydrogens (tertiary/aromatic N) is 1. The van der Waals surface area contributed by atoms with Gasteiger partial charge in [-0.2, -0.15) is 16.8 Å². The Balaban J connectivity index is 1.89. The van der Waals surface area contributed by atoms with Crippen LogP contribution in [0.5, 0.6) is 0 Å². The zero-order valence-electron chi connectivity index (χ0n) is 27.9. The Morgan fingerprint density at radius 1 is 0.957 bits per heavy atom. The Kier molecular flexibility index (Phi) is 12.0. The highest BCUT2D eigenvalue weighted by molar-refractivity contribution is 7.86. The molecule has 0 amide bonds. The van der Waals surface area contributed by atoms with Gasteiger partial charge >= 0.3 is 0 Å². The first-order chi connectivity index (χ1) is 21.3. The second kappa shape index (κ2) is 14.8. The van der Waals surface area contributed by atoms with Gasteiger partial charge in [-0.1, -0.05) is 65.3 Å². The summed E-state index contributed by atoms with van der Waals surface area (Å²) in [5.41, 5.74) is 3.46. The van der Waals surface area contributed by atoms with Crippen LogP contribution in [0.2, 0.25) is 0 Å². The average molecular weight is 674 g/mol. The third kappa shape index (κ3) is 8.83. The number of benzene rings is 2. The molecule has 0 bridgehead atoms. The lowest BCUT2D eigenvalue weighted by molar-refractivity contribution is -0.568. The molecule has 252 valence electrons. The van der Waals surface area contributed by atoms with E-state index in [-0.39, 0.29) is 21.5 Å². The van der Waals surface area contributed by atoms with E-state index in [1.165, 1.54) is 12.1 Å². The first-order valence-corrected chi connectivity index (χ1v) is 18.6. The van der Waals surface area contributed by atoms with Crippen molar-refractivity contribution in [1.29, 1.82) is 0 Å². The van der Waals surface area contributed by atoms with Crippen molar-refractivity contribution in [3.05, 3.63) is 83.6 Å². The number of carbonyl (C=O) groups is 1. The van der Waals surface area contributed by atoms with Crippen molar-refractivity contribution >= 4 is 37.4 Å². The van der Waals surface area contributed by atoms with E-state index in [1.807, 2.05) is 50.4 Å². The molecular weight excluding hydrogens is 625 g/mol. The molecule has 0 aliphatic carbocycles. The molecule has 1 heterocycles. The lowest BCUT2D eigenvalue weighted by atomic mass is 9.73. The van der Waals surface area contributed by atoms with Gasteiger partial charge in [0.25, 0.3) is 20.2 Å². The number of Topliss-reactive ketones (excluding diaryl/α,β-unsaturated/α-hetero) is 1. The number of quaternary nitrogens is 1. The van der Waals surface area contributed by atoms with Crippen LogP contribution in [0.4, 0.5) is 11.4 Å². The molecule has 4 N–H and O–H groups in total. The molecule has 0 aromatic heterocycles. The van der Waals surface area contributed by atoms with Crippen LogP contribution in [0.25, 0.3) is 0 Å². The Bertz CT molecular complexity index is 1740. The average Bonchev–Trinajstić information content (AvgIpc) is 3.16. The minimum absolute atomic E-state index is 0.00276. The molecule has 0 radical (unpaired) electrons. The van der Waals surface area contributed by atoms with E-state index in [4.69, 9.17) is 0 Å². The first kappa shape index (κ1) is 37.4. The van der Waals surface area contributed by atoms with Crippen LogP contribution < -0.4 is 10.2 Å². The van der Waals surface area contributed by atoms with E-state index in [0.717, 1.165) is 54.0 Å². The van der Waals surface area contributed by atoms with Crippen molar-refractivity contribution in [3.8, 4) is 0 Å². The number of rotatable bonds is 15. The monoisotopic (exact) mass is 673 g/mol. The molecule has 1 atom stereocenters. The quantitative estimate of drug-likeness (QED) is 0.0871. The number of unbranched alkanes of at least 4 members (excludes halogenated alkanes) is 2. The van der Waals surface area contributed by atoms with Crippen molar-refractivity contribution < 1.29 is 36.1 Å². The van der Waals surface area contributed by atoms with Gasteiger partial charge in [-0.25, -0.2) is 0 Å². The molecule has 1 unspecified atom stereocenters. The Morgan fingerprint density at radius 2 is 1.59 bits per heavy atom. The number of allylic oxidation sites excluding steroid dienone is 6. The van der Waals surface area contributed by atoms with Crippen LogP contribution in [-0.4, -0.2) is 44.8 Å². The van der Waals surface area contributed by atoms with Crippen molar-refractivity contribution in [2.45, 2.75) is 94.8 Å². The number of hydrogen-bond donors (Lipinski definition) is 3. The first-order valence-electron chi connectivity index (χ1n) is 15.7. The van der Waals surface area contributed by atoms with E-state index in [0.29, 0.717) is 13.0 Å². The number of anilines is 1. The van der Waals surface area contributed by atoms with Crippen molar-refractivity contribution in [1.82, 2.24) is 0 Å². The van der Waals surface area contributed by atoms with Gasteiger partial charge in [0.2, 0.25) is 0 Å². The van der Waals surface area contributed by atoms with Crippen LogP contribution in [0.15, 0.2) is 82.3 Å². The summed E-state index contributed by atoms with van der Waals surface area (Å²) in [5.74, 6) is 0.177. The van der Waals surface area contributed by atoms with Crippen LogP contribution >= 0.6 is 0 Å². The highest BCUT2D eigenvalue weighted by Gasteiger charge is 2.40. The minimum atomic E-state index is -4.36. The van der Waals surface area contributed by atoms with Crippen molar-refractivity contribution in [2.24, 2.45) is 5.92 Å². The summed E-state index contributed by atoms with van der Waals surface area (Å²) in [6.45, 7) is 15.3. The maximum absolute atomic E-state index is 11.9. The summed E-state index contributed by atoms with van der Waals surface area (Å²) in [5, 5.41) is 2.04. The van der Waals surface area contributed by atoms with E-state index in [1.54, 1.807) is 31.2 Å². The summed E-state index contributed by atoms with van der Waals surface area (Å²) in [7, 11) is -8.70. The van der Waals surface area contributed by atoms with Crippen molar-refractivity contribution in [2.75, 3.05) is 18.0 Å². The number of carbonyl (C=O) groups excluding carboxylic acids is 1. The van der Waals surface area contributed by atoms with E-state index >= 15 is 0 Å². The maximum atomic E-state index is 11.9. The van der Waals surface area contributed by atoms with Crippen LogP contribution in [-0.2, 0) is 35.9 Å². The minimum Gasteiger partial charge on any atom is -0.344 e. The topological polar surface area (TPSA) is 146 Å². The van der Waals surface area contributed by atoms with E-state index in [2.05, 4.69) is 31.7 Å². The summed E-state index contributed by atoms with van der Waals surface area (Å²) in [4.78, 5) is 13.3. The molecule has 2 aromatic carbocycles. The maximum Gasteiger partial charge on any atom is 0.294 e. The van der Waals surface area contributed by atoms with Gasteiger partial charge in [-0.05, 0) is 74.6 Å². The number of fused-ring (bicyclic) bond motifs is 1. The fourth-order valence-electron chi connectivity index (χ4n) is 5.96. The molecule has 11 heteroatoms. The lowest BCUT2D eigenvalue weighted by Gasteiger charge is -2.31. The van der Waals surface area contributed by atoms with Crippen LogP contribution in [0, 0.1) is 5.92 Å². The largest absolute Gasteiger partial charge is 0.344 e. The Morgan fingerprint density at radius 3 is 2.20 bits per heavy atom. The lowest BCUT2D eigenvalue weighted by Crippen LogP contribution is -2.78. The second-order valence-corrected chi connectivity index (χ2v) is 16.0. The SMILES string of the molecule is CC[NH2+]c1ccc(S(=O)(=O)O)cc1C(C)(C)C(C)/C=C/C=C/C=C1/N(CCCCCC(C)=O)c2ccc(S(=O)(=O)O)cc2C1(C)C. The Labute approximate surface area is 275 Å². The standard InChI is InChI=1S/C35H48N2O7S2/c1-8-36-31-20-18-27(45(39,40)41)23-29(31)34(4,5)25(2)15-11-9-13-17-33-35(6,7)30-24-28(46(42,43)44)19-21-32(30)37(33)22-14-10-12-16-26(3)38/h9,11,13,15,17-21,23-25,36H,8,10,12,14,16,22H2,1-7H3,(H,39,40,41)(H,42,43,44)/p+1/b13-9+,15-11+,33-17+. The van der Waals surface area contributed by atoms with Gasteiger partial charge in [0.1, 0.15) is 11.5 Å². The molecule has 0 saturated carbocycles. The van der Waals surface area contributed by atoms with Gasteiger partial charge in [-0.3, -0.25) is 9.11 Å².